The molecule has 6 heteroatoms. The Labute approximate surface area is 167 Å². The smallest absolute Gasteiger partial charge is 0.283 e. The summed E-state index contributed by atoms with van der Waals surface area (Å²) in [7, 11) is -2.15. The molecule has 2 aromatic rings. The fourth-order valence-corrected chi connectivity index (χ4v) is 8.25. The summed E-state index contributed by atoms with van der Waals surface area (Å²) in [5, 5.41) is 4.56. The van der Waals surface area contributed by atoms with Crippen LogP contribution in [0.2, 0.25) is 0 Å². The van der Waals surface area contributed by atoms with Gasteiger partial charge in [0.05, 0.1) is 23.4 Å². The molecule has 4 bridgehead atoms. The van der Waals surface area contributed by atoms with E-state index < -0.39 is 10.0 Å². The third-order valence-electron chi connectivity index (χ3n) is 7.40. The number of ether oxygens (including phenoxy) is 1. The van der Waals surface area contributed by atoms with E-state index in [-0.39, 0.29) is 10.3 Å². The number of aryl methyl sites for hydroxylation is 1. The topological polar surface area (TPSA) is 61.2 Å². The van der Waals surface area contributed by atoms with E-state index in [1.54, 1.807) is 31.4 Å². The van der Waals surface area contributed by atoms with Crippen molar-refractivity contribution in [1.82, 2.24) is 9.19 Å². The molecule has 6 rings (SSSR count). The lowest BCUT2D eigenvalue weighted by Crippen LogP contribution is -2.49. The van der Waals surface area contributed by atoms with Crippen molar-refractivity contribution < 1.29 is 13.2 Å². The lowest BCUT2D eigenvalue weighted by molar-refractivity contribution is -0.00574. The molecule has 5 nitrogen and oxygen atoms in total. The number of aromatic nitrogens is 2. The van der Waals surface area contributed by atoms with Crippen LogP contribution in [0.3, 0.4) is 0 Å². The van der Waals surface area contributed by atoms with Crippen molar-refractivity contribution in [2.24, 2.45) is 17.8 Å². The largest absolute Gasteiger partial charge is 0.497 e. The quantitative estimate of drug-likeness (QED) is 0.771. The normalized spacial score (nSPS) is 31.3. The SMILES string of the molecule is COc1ccc(S(=O)(=O)n2nc(C)c(C34CC5CC(CC(C5)C3)C4)c2C)cc1. The lowest BCUT2D eigenvalue weighted by atomic mass is 9.48. The summed E-state index contributed by atoms with van der Waals surface area (Å²) < 4.78 is 33.0. The molecule has 0 saturated heterocycles. The third kappa shape index (κ3) is 2.56. The predicted molar refractivity (Wildman–Crippen MR) is 107 cm³/mol. The highest BCUT2D eigenvalue weighted by Crippen LogP contribution is 2.61. The summed E-state index contributed by atoms with van der Waals surface area (Å²) in [5.41, 5.74) is 3.03. The fourth-order valence-electron chi connectivity index (χ4n) is 6.88. The summed E-state index contributed by atoms with van der Waals surface area (Å²) in [4.78, 5) is 0.246. The van der Waals surface area contributed by atoms with E-state index in [1.807, 2.05) is 13.8 Å². The van der Waals surface area contributed by atoms with E-state index in [9.17, 15) is 8.42 Å². The van der Waals surface area contributed by atoms with E-state index in [1.165, 1.54) is 48.2 Å². The monoisotopic (exact) mass is 400 g/mol. The molecular formula is C22H28N2O3S. The first-order valence-corrected chi connectivity index (χ1v) is 11.7. The van der Waals surface area contributed by atoms with Gasteiger partial charge in [-0.1, -0.05) is 0 Å². The van der Waals surface area contributed by atoms with Crippen molar-refractivity contribution in [3.63, 3.8) is 0 Å². The lowest BCUT2D eigenvalue weighted by Gasteiger charge is -2.57. The second kappa shape index (κ2) is 6.09. The molecular weight excluding hydrogens is 372 g/mol. The van der Waals surface area contributed by atoms with Gasteiger partial charge in [0, 0.05) is 5.56 Å². The highest BCUT2D eigenvalue weighted by atomic mass is 32.2. The van der Waals surface area contributed by atoms with Crippen molar-refractivity contribution in [2.45, 2.75) is 62.7 Å². The molecule has 0 aliphatic heterocycles. The minimum absolute atomic E-state index is 0.136. The maximum absolute atomic E-state index is 13.3. The Morgan fingerprint density at radius 1 is 1.00 bits per heavy atom. The van der Waals surface area contributed by atoms with Crippen molar-refractivity contribution in [1.29, 1.82) is 0 Å². The minimum atomic E-state index is -3.72. The Kier molecular flexibility index (Phi) is 3.96. The van der Waals surface area contributed by atoms with Gasteiger partial charge >= 0.3 is 0 Å². The second-order valence-corrected chi connectivity index (χ2v) is 11.0. The van der Waals surface area contributed by atoms with Crippen LogP contribution in [-0.2, 0) is 15.4 Å². The average molecular weight is 401 g/mol. The van der Waals surface area contributed by atoms with Crippen molar-refractivity contribution >= 4 is 10.0 Å². The number of hydrogen-bond donors (Lipinski definition) is 0. The van der Waals surface area contributed by atoms with E-state index in [4.69, 9.17) is 4.74 Å². The van der Waals surface area contributed by atoms with Crippen molar-refractivity contribution in [3.8, 4) is 5.75 Å². The molecule has 150 valence electrons. The molecule has 4 aliphatic carbocycles. The van der Waals surface area contributed by atoms with Gasteiger partial charge < -0.3 is 4.74 Å². The molecule has 1 aromatic heterocycles. The highest BCUT2D eigenvalue weighted by Gasteiger charge is 2.53. The van der Waals surface area contributed by atoms with Gasteiger partial charge in [-0.15, -0.1) is 0 Å². The van der Waals surface area contributed by atoms with Gasteiger partial charge in [0.1, 0.15) is 5.75 Å². The minimum Gasteiger partial charge on any atom is -0.497 e. The van der Waals surface area contributed by atoms with Gasteiger partial charge in [0.15, 0.2) is 0 Å². The number of nitrogens with zero attached hydrogens (tertiary/aromatic N) is 2. The van der Waals surface area contributed by atoms with Crippen LogP contribution in [0.15, 0.2) is 29.2 Å². The molecule has 0 atom stereocenters. The average Bonchev–Trinajstić information content (AvgIpc) is 2.96. The predicted octanol–water partition coefficient (Wildman–Crippen LogP) is 4.21. The van der Waals surface area contributed by atoms with Gasteiger partial charge in [-0.2, -0.15) is 17.6 Å². The van der Waals surface area contributed by atoms with Crippen LogP contribution >= 0.6 is 0 Å². The molecule has 4 saturated carbocycles. The van der Waals surface area contributed by atoms with Crippen LogP contribution in [0, 0.1) is 31.6 Å². The molecule has 4 aliphatic rings. The maximum Gasteiger partial charge on any atom is 0.283 e. The summed E-state index contributed by atoms with van der Waals surface area (Å²) in [6.45, 7) is 3.93. The van der Waals surface area contributed by atoms with E-state index >= 15 is 0 Å². The van der Waals surface area contributed by atoms with Gasteiger partial charge in [0.25, 0.3) is 10.0 Å². The van der Waals surface area contributed by atoms with Crippen LogP contribution in [0.25, 0.3) is 0 Å². The van der Waals surface area contributed by atoms with Crippen LogP contribution in [0.4, 0.5) is 0 Å². The molecule has 4 fully saturated rings. The Balaban J connectivity index is 1.58. The first-order chi connectivity index (χ1) is 13.3. The van der Waals surface area contributed by atoms with Crippen molar-refractivity contribution in [3.05, 3.63) is 41.2 Å². The van der Waals surface area contributed by atoms with E-state index in [0.29, 0.717) is 5.75 Å². The number of hydrogen-bond acceptors (Lipinski definition) is 4. The zero-order chi connectivity index (χ0) is 19.7. The fraction of sp³-hybridized carbons (Fsp3) is 0.591. The van der Waals surface area contributed by atoms with Gasteiger partial charge in [-0.3, -0.25) is 0 Å². The summed E-state index contributed by atoms with van der Waals surface area (Å²) >= 11 is 0. The zero-order valence-electron chi connectivity index (χ0n) is 16.8. The van der Waals surface area contributed by atoms with Gasteiger partial charge in [0.2, 0.25) is 0 Å². The molecule has 0 amide bonds. The molecule has 1 heterocycles. The zero-order valence-corrected chi connectivity index (χ0v) is 17.6. The molecule has 0 N–H and O–H groups in total. The molecule has 28 heavy (non-hydrogen) atoms. The number of rotatable bonds is 4. The summed E-state index contributed by atoms with van der Waals surface area (Å²) in [6.07, 6.45) is 7.72. The van der Waals surface area contributed by atoms with Crippen molar-refractivity contribution in [2.75, 3.05) is 7.11 Å². The Hall–Kier alpha value is -1.82. The first-order valence-electron chi connectivity index (χ1n) is 10.3. The standard InChI is InChI=1S/C22H28N2O3S/c1-14-21(22-11-16-8-17(12-22)10-18(9-16)13-22)15(2)24(23-14)28(25,26)20-6-4-19(27-3)5-7-20/h4-7,16-18H,8-13H2,1-3H3. The number of methoxy groups -OCH3 is 1. The molecule has 0 radical (unpaired) electrons. The van der Waals surface area contributed by atoms with E-state index in [0.717, 1.165) is 29.1 Å². The highest BCUT2D eigenvalue weighted by molar-refractivity contribution is 7.89. The first kappa shape index (κ1) is 18.2. The van der Waals surface area contributed by atoms with Gasteiger partial charge in [-0.05, 0) is 99.8 Å². The summed E-state index contributed by atoms with van der Waals surface area (Å²) in [6, 6.07) is 6.54. The molecule has 1 aromatic carbocycles. The molecule has 0 unspecified atom stereocenters. The number of benzene rings is 1. The second-order valence-electron chi connectivity index (χ2n) is 9.27. The van der Waals surface area contributed by atoms with Gasteiger partial charge in [-0.25, -0.2) is 0 Å². The Morgan fingerprint density at radius 3 is 2.04 bits per heavy atom. The Morgan fingerprint density at radius 2 is 1.54 bits per heavy atom. The maximum atomic E-state index is 13.3. The molecule has 0 spiro atoms. The summed E-state index contributed by atoms with van der Waals surface area (Å²) in [5.74, 6) is 3.08. The third-order valence-corrected chi connectivity index (χ3v) is 9.08. The van der Waals surface area contributed by atoms with Crippen LogP contribution in [-0.4, -0.2) is 24.7 Å². The van der Waals surface area contributed by atoms with Crippen LogP contribution in [0.1, 0.15) is 55.5 Å². The van der Waals surface area contributed by atoms with E-state index in [2.05, 4.69) is 5.10 Å². The Bertz CT molecular complexity index is 986. The van der Waals surface area contributed by atoms with Crippen LogP contribution < -0.4 is 4.74 Å². The van der Waals surface area contributed by atoms with Crippen LogP contribution in [0.5, 0.6) is 5.75 Å².